The van der Waals surface area contributed by atoms with Crippen molar-refractivity contribution in [2.75, 3.05) is 0 Å². The third kappa shape index (κ3) is 24.2. The molecule has 0 unspecified atom stereocenters. The van der Waals surface area contributed by atoms with Crippen LogP contribution in [0.3, 0.4) is 0 Å². The van der Waals surface area contributed by atoms with E-state index in [-0.39, 0.29) is 29.3 Å². The maximum atomic E-state index is 12.6. The lowest BCUT2D eigenvalue weighted by atomic mass is 10.1. The molecule has 31 heteroatoms. The van der Waals surface area contributed by atoms with Gasteiger partial charge in [-0.3, -0.25) is 33.6 Å². The molecule has 7 rings (SSSR count). The molecule has 7 nitrogen and oxygen atoms in total. The second-order valence-corrected chi connectivity index (χ2v) is 17.5. The summed E-state index contributed by atoms with van der Waals surface area (Å²) in [5, 5.41) is -6.80. The number of hydrogen-bond donors (Lipinski definition) is 0. The highest BCUT2D eigenvalue weighted by Crippen LogP contribution is 2.36. The van der Waals surface area contributed by atoms with E-state index in [4.69, 9.17) is 69.6 Å². The van der Waals surface area contributed by atoms with Gasteiger partial charge in [0, 0.05) is 27.2 Å². The Morgan fingerprint density at radius 1 is 0.317 bits per heavy atom. The largest absolute Gasteiger partial charge is 0.416 e. The Morgan fingerprint density at radius 2 is 0.683 bits per heavy atom. The van der Waals surface area contributed by atoms with Crippen molar-refractivity contribution in [2.24, 2.45) is 0 Å². The maximum absolute atomic E-state index is 12.6. The SMILES string of the molecule is O=C(Cl)c1c(F)c(F)c(F)c(F)c1F.O=C(Cl)c1c(F)cccc1F.O=C(Cl)c1cc(C(F)(F)F)cc(C(F)(F)F)c1.O=C(Cl)c1ccc(F)cc1F.O=C(Cl)c1ccccc1.O=C(Cl)c1ccccc1Br.O=C(Cl)c1ccccc1F. The van der Waals surface area contributed by atoms with Gasteiger partial charge in [0.1, 0.15) is 40.2 Å². The molecule has 0 atom stereocenters. The zero-order chi connectivity index (χ0) is 63.1. The van der Waals surface area contributed by atoms with Crippen molar-refractivity contribution in [1.82, 2.24) is 0 Å². The van der Waals surface area contributed by atoms with Gasteiger partial charge in [0.15, 0.2) is 23.3 Å². The van der Waals surface area contributed by atoms with Gasteiger partial charge in [-0.15, -0.1) is 0 Å². The first kappa shape index (κ1) is 73.6. The standard InChI is InChI=1S/C9H3ClF6O.C7H4BrClO.C7ClF5O.2C7H3ClF2O.C7H4ClFO.C7H5ClO/c10-7(17)4-1-5(8(11,12)13)3-6(2-4)9(14,15)16;8-6-4-2-1-3-5(6)7(9)10;8-7(14)1-2(9)4(11)6(13)5(12)3(1)10;8-7(11)5-2-1-4(9)3-6(5)10;8-7(11)6-4(9)2-1-3-5(6)10;8-7(10)5-3-1-2-4-6(5)9;8-7(9)6-4-2-1-3-5-6/h1-3H;1-4H;;2*1-3H;1-4H;1-5H. The Balaban J connectivity index is 0.000000483. The lowest BCUT2D eigenvalue weighted by Gasteiger charge is -2.12. The van der Waals surface area contributed by atoms with Gasteiger partial charge in [-0.05, 0) is 148 Å². The van der Waals surface area contributed by atoms with Crippen LogP contribution in [0.5, 0.6) is 0 Å². The van der Waals surface area contributed by atoms with E-state index in [2.05, 4.69) is 27.5 Å². The van der Waals surface area contributed by atoms with Crippen LogP contribution in [0.4, 0.5) is 70.2 Å². The van der Waals surface area contributed by atoms with Gasteiger partial charge in [0.05, 0.1) is 22.3 Å². The van der Waals surface area contributed by atoms with Crippen molar-refractivity contribution in [3.63, 3.8) is 0 Å². The Morgan fingerprint density at radius 3 is 1.00 bits per heavy atom. The summed E-state index contributed by atoms with van der Waals surface area (Å²) in [7, 11) is 0. The van der Waals surface area contributed by atoms with Crippen LogP contribution >= 0.6 is 97.1 Å². The number of carbonyl (C=O) groups excluding carboxylic acids is 7. The molecule has 7 aromatic rings. The molecular formula is C51H22BrCl7F16O7. The Bertz CT molecular complexity index is 3310. The molecule has 0 heterocycles. The second kappa shape index (κ2) is 34.3. The Hall–Kier alpha value is -6.38. The topological polar surface area (TPSA) is 119 Å². The van der Waals surface area contributed by atoms with Gasteiger partial charge in [0.2, 0.25) is 5.82 Å². The first-order valence-electron chi connectivity index (χ1n) is 20.5. The zero-order valence-electron chi connectivity index (χ0n) is 39.1. The highest BCUT2D eigenvalue weighted by molar-refractivity contribution is 9.10. The van der Waals surface area contributed by atoms with Gasteiger partial charge >= 0.3 is 12.4 Å². The minimum Gasteiger partial charge on any atom is -0.276 e. The van der Waals surface area contributed by atoms with Crippen molar-refractivity contribution in [2.45, 2.75) is 12.4 Å². The number of alkyl halides is 6. The van der Waals surface area contributed by atoms with E-state index in [0.29, 0.717) is 17.2 Å². The Kier molecular flexibility index (Phi) is 30.8. The fourth-order valence-corrected chi connectivity index (χ4v) is 6.62. The van der Waals surface area contributed by atoms with Crippen LogP contribution in [0.2, 0.25) is 0 Å². The summed E-state index contributed by atoms with van der Waals surface area (Å²) in [5.41, 5.74) is -5.70. The van der Waals surface area contributed by atoms with E-state index in [1.54, 1.807) is 48.5 Å². The second-order valence-electron chi connectivity index (χ2n) is 14.2. The summed E-state index contributed by atoms with van der Waals surface area (Å²) in [6, 6.07) is 27.5. The third-order valence-corrected chi connectivity index (χ3v) is 10.8. The molecule has 0 radical (unpaired) electrons. The van der Waals surface area contributed by atoms with Crippen molar-refractivity contribution in [3.8, 4) is 0 Å². The van der Waals surface area contributed by atoms with E-state index in [1.807, 2.05) is 12.1 Å². The number of carbonyl (C=O) groups is 7. The van der Waals surface area contributed by atoms with Crippen molar-refractivity contribution >= 4 is 134 Å². The summed E-state index contributed by atoms with van der Waals surface area (Å²) in [6.07, 6.45) is -9.97. The van der Waals surface area contributed by atoms with Gasteiger partial charge in [-0.2, -0.15) is 26.3 Å². The fourth-order valence-electron chi connectivity index (χ4n) is 4.99. The molecule has 0 saturated heterocycles. The molecule has 0 aromatic heterocycles. The van der Waals surface area contributed by atoms with Crippen LogP contribution in [0.1, 0.15) is 83.6 Å². The average molecular weight is 1380 g/mol. The van der Waals surface area contributed by atoms with E-state index < -0.39 is 135 Å². The van der Waals surface area contributed by atoms with E-state index in [1.165, 1.54) is 18.2 Å². The van der Waals surface area contributed by atoms with Gasteiger partial charge in [-0.1, -0.05) is 76.6 Å². The number of hydrogen-bond acceptors (Lipinski definition) is 7. The zero-order valence-corrected chi connectivity index (χ0v) is 46.0. The molecule has 436 valence electrons. The van der Waals surface area contributed by atoms with Crippen LogP contribution in [-0.4, -0.2) is 36.7 Å². The summed E-state index contributed by atoms with van der Waals surface area (Å²) in [4.78, 5) is 73.1. The van der Waals surface area contributed by atoms with Crippen LogP contribution in [-0.2, 0) is 12.4 Å². The minimum absolute atomic E-state index is 0.0795. The summed E-state index contributed by atoms with van der Waals surface area (Å²) >= 11 is 38.0. The van der Waals surface area contributed by atoms with E-state index in [9.17, 15) is 104 Å². The van der Waals surface area contributed by atoms with Crippen molar-refractivity contribution < 1.29 is 104 Å². The molecule has 0 saturated carbocycles. The van der Waals surface area contributed by atoms with Crippen molar-refractivity contribution in [1.29, 1.82) is 0 Å². The molecule has 82 heavy (non-hydrogen) atoms. The molecule has 0 aliphatic heterocycles. The predicted octanol–water partition coefficient (Wildman–Crippen LogP) is 18.7. The smallest absolute Gasteiger partial charge is 0.276 e. The first-order valence-corrected chi connectivity index (χ1v) is 23.9. The normalized spacial score (nSPS) is 10.3. The lowest BCUT2D eigenvalue weighted by molar-refractivity contribution is -0.143. The van der Waals surface area contributed by atoms with Gasteiger partial charge < -0.3 is 0 Å². The lowest BCUT2D eigenvalue weighted by Crippen LogP contribution is -2.12. The monoisotopic (exact) mass is 1370 g/mol. The van der Waals surface area contributed by atoms with Crippen molar-refractivity contribution in [3.05, 3.63) is 246 Å². The quantitative estimate of drug-likeness (QED) is 0.0675. The highest BCUT2D eigenvalue weighted by atomic mass is 79.9. The number of benzene rings is 7. The number of halogens is 24. The molecule has 0 spiro atoms. The highest BCUT2D eigenvalue weighted by Gasteiger charge is 2.37. The third-order valence-electron chi connectivity index (χ3n) is 8.70. The summed E-state index contributed by atoms with van der Waals surface area (Å²) in [5.74, 6) is -15.3. The number of rotatable bonds is 7. The predicted molar refractivity (Wildman–Crippen MR) is 274 cm³/mol. The van der Waals surface area contributed by atoms with E-state index in [0.717, 1.165) is 34.8 Å². The first-order chi connectivity index (χ1) is 37.9. The van der Waals surface area contributed by atoms with Crippen LogP contribution in [0.15, 0.2) is 138 Å². The molecule has 0 bridgehead atoms. The van der Waals surface area contributed by atoms with Crippen LogP contribution < -0.4 is 0 Å². The molecule has 0 aliphatic carbocycles. The van der Waals surface area contributed by atoms with Gasteiger partial charge in [0.25, 0.3) is 36.7 Å². The molecule has 0 amide bonds. The molecule has 0 aliphatic rings. The van der Waals surface area contributed by atoms with Gasteiger partial charge in [-0.25, -0.2) is 43.9 Å². The maximum Gasteiger partial charge on any atom is 0.416 e. The Labute approximate surface area is 493 Å². The fraction of sp³-hybridized carbons (Fsp3) is 0.0392. The summed E-state index contributed by atoms with van der Waals surface area (Å²) in [6.45, 7) is 0. The van der Waals surface area contributed by atoms with Crippen LogP contribution in [0, 0.1) is 58.2 Å². The molecule has 0 fully saturated rings. The van der Waals surface area contributed by atoms with Crippen LogP contribution in [0.25, 0.3) is 0 Å². The molecule has 0 N–H and O–H groups in total. The minimum atomic E-state index is -4.98. The molecule has 7 aromatic carbocycles. The average Bonchev–Trinajstić information content (AvgIpc) is 3.51. The van der Waals surface area contributed by atoms with E-state index >= 15 is 0 Å². The molecular weight excluding hydrogens is 1360 g/mol. The summed E-state index contributed by atoms with van der Waals surface area (Å²) < 4.78 is 199.